The van der Waals surface area contributed by atoms with Gasteiger partial charge in [0.15, 0.2) is 11.5 Å². The molecule has 0 aliphatic carbocycles. The van der Waals surface area contributed by atoms with E-state index in [1.165, 1.54) is 5.69 Å². The minimum Gasteiger partial charge on any atom is -0.369 e. The number of fused-ring (bicyclic) bond motifs is 3. The van der Waals surface area contributed by atoms with E-state index in [1.807, 2.05) is 59.1 Å². The number of nitrogens with one attached hydrogen (secondary N) is 1. The van der Waals surface area contributed by atoms with Crippen molar-refractivity contribution in [3.05, 3.63) is 78.1 Å². The molecule has 0 spiro atoms. The zero-order valence-corrected chi connectivity index (χ0v) is 20.6. The second kappa shape index (κ2) is 10.1. The molecule has 6 rings (SSSR count). The van der Waals surface area contributed by atoms with Crippen LogP contribution in [-0.4, -0.2) is 68.7 Å². The molecule has 1 fully saturated rings. The molecule has 8 nitrogen and oxygen atoms in total. The molecule has 182 valence electrons. The van der Waals surface area contributed by atoms with Gasteiger partial charge in [-0.3, -0.25) is 9.88 Å². The minimum absolute atomic E-state index is 0.663. The lowest BCUT2D eigenvalue weighted by Gasteiger charge is -2.36. The molecule has 0 atom stereocenters. The monoisotopic (exact) mass is 498 g/mol. The lowest BCUT2D eigenvalue weighted by atomic mass is 10.2. The lowest BCUT2D eigenvalue weighted by molar-refractivity contribution is 0.257. The first kappa shape index (κ1) is 22.7. The Morgan fingerprint density at radius 1 is 0.889 bits per heavy atom. The van der Waals surface area contributed by atoms with E-state index in [0.29, 0.717) is 11.8 Å². The van der Waals surface area contributed by atoms with Crippen LogP contribution in [0.2, 0.25) is 5.02 Å². The van der Waals surface area contributed by atoms with E-state index in [2.05, 4.69) is 26.2 Å². The predicted molar refractivity (Wildman–Crippen MR) is 145 cm³/mol. The number of piperazine rings is 1. The van der Waals surface area contributed by atoms with Crippen molar-refractivity contribution in [2.75, 3.05) is 49.5 Å². The molecule has 3 aromatic heterocycles. The summed E-state index contributed by atoms with van der Waals surface area (Å²) >= 11 is 6.17. The quantitative estimate of drug-likeness (QED) is 0.328. The molecule has 1 N–H and O–H groups in total. The number of hydrogen-bond acceptors (Lipinski definition) is 7. The summed E-state index contributed by atoms with van der Waals surface area (Å²) in [5.74, 6) is 1.37. The maximum absolute atomic E-state index is 6.17. The van der Waals surface area contributed by atoms with Crippen LogP contribution < -0.4 is 10.2 Å². The van der Waals surface area contributed by atoms with E-state index in [0.717, 1.165) is 72.8 Å². The smallest absolute Gasteiger partial charge is 0.226 e. The minimum atomic E-state index is 0.663. The fraction of sp³-hybridized carbons (Fsp3) is 0.259. The summed E-state index contributed by atoms with van der Waals surface area (Å²) in [6.45, 7) is 5.95. The molecule has 0 bridgehead atoms. The van der Waals surface area contributed by atoms with Crippen LogP contribution >= 0.6 is 11.6 Å². The van der Waals surface area contributed by atoms with Crippen molar-refractivity contribution >= 4 is 39.8 Å². The van der Waals surface area contributed by atoms with Crippen molar-refractivity contribution in [1.82, 2.24) is 29.5 Å². The molecule has 36 heavy (non-hydrogen) atoms. The first-order chi connectivity index (χ1) is 17.7. The van der Waals surface area contributed by atoms with E-state index in [9.17, 15) is 0 Å². The van der Waals surface area contributed by atoms with Crippen LogP contribution in [0.4, 0.5) is 11.6 Å². The van der Waals surface area contributed by atoms with Crippen molar-refractivity contribution in [3.8, 4) is 11.4 Å². The summed E-state index contributed by atoms with van der Waals surface area (Å²) in [4.78, 5) is 18.7. The maximum atomic E-state index is 6.17. The fourth-order valence-electron chi connectivity index (χ4n) is 4.70. The molecule has 4 heterocycles. The maximum Gasteiger partial charge on any atom is 0.226 e. The molecule has 1 aliphatic rings. The van der Waals surface area contributed by atoms with E-state index in [-0.39, 0.29) is 0 Å². The van der Waals surface area contributed by atoms with Gasteiger partial charge >= 0.3 is 0 Å². The third-order valence-electron chi connectivity index (χ3n) is 6.60. The average molecular weight is 499 g/mol. The first-order valence-corrected chi connectivity index (χ1v) is 12.6. The number of hydrogen-bond donors (Lipinski definition) is 1. The highest BCUT2D eigenvalue weighted by molar-refractivity contribution is 6.30. The Morgan fingerprint density at radius 2 is 1.72 bits per heavy atom. The molecule has 1 aliphatic heterocycles. The number of halogens is 1. The van der Waals surface area contributed by atoms with Crippen LogP contribution in [0.3, 0.4) is 0 Å². The van der Waals surface area contributed by atoms with Crippen LogP contribution in [0.15, 0.2) is 73.1 Å². The SMILES string of the molecule is Clc1cccc(N2CCN(CCCNc3nc4ccccc4c4nc(-c5ccncc5)nn34)CC2)c1. The number of pyridine rings is 1. The van der Waals surface area contributed by atoms with Gasteiger partial charge in [-0.2, -0.15) is 4.52 Å². The number of nitrogens with zero attached hydrogens (tertiary/aromatic N) is 7. The van der Waals surface area contributed by atoms with Gasteiger partial charge in [-0.1, -0.05) is 29.8 Å². The van der Waals surface area contributed by atoms with Crippen LogP contribution in [0, 0.1) is 0 Å². The summed E-state index contributed by atoms with van der Waals surface area (Å²) in [6, 6.07) is 20.0. The Morgan fingerprint density at radius 3 is 2.56 bits per heavy atom. The van der Waals surface area contributed by atoms with Crippen molar-refractivity contribution in [1.29, 1.82) is 0 Å². The van der Waals surface area contributed by atoms with E-state index >= 15 is 0 Å². The number of anilines is 2. The molecule has 0 unspecified atom stereocenters. The van der Waals surface area contributed by atoms with Crippen molar-refractivity contribution < 1.29 is 0 Å². The molecule has 2 aromatic carbocycles. The number of para-hydroxylation sites is 1. The van der Waals surface area contributed by atoms with Gasteiger partial charge < -0.3 is 10.2 Å². The van der Waals surface area contributed by atoms with Gasteiger partial charge in [-0.05, 0) is 55.4 Å². The highest BCUT2D eigenvalue weighted by Crippen LogP contribution is 2.24. The van der Waals surface area contributed by atoms with Crippen LogP contribution in [-0.2, 0) is 0 Å². The van der Waals surface area contributed by atoms with Crippen LogP contribution in [0.25, 0.3) is 27.9 Å². The molecule has 1 saturated heterocycles. The lowest BCUT2D eigenvalue weighted by Crippen LogP contribution is -2.46. The van der Waals surface area contributed by atoms with Gasteiger partial charge in [0, 0.05) is 66.8 Å². The third kappa shape index (κ3) is 4.69. The van der Waals surface area contributed by atoms with Gasteiger partial charge in [0.05, 0.1) is 5.52 Å². The zero-order valence-electron chi connectivity index (χ0n) is 19.9. The Balaban J connectivity index is 1.11. The van der Waals surface area contributed by atoms with E-state index in [4.69, 9.17) is 26.7 Å². The Bertz CT molecular complexity index is 1480. The van der Waals surface area contributed by atoms with Gasteiger partial charge in [0.25, 0.3) is 0 Å². The zero-order chi connectivity index (χ0) is 24.3. The highest BCUT2D eigenvalue weighted by atomic mass is 35.5. The Hall–Kier alpha value is -3.75. The summed E-state index contributed by atoms with van der Waals surface area (Å²) in [5.41, 5.74) is 3.83. The summed E-state index contributed by atoms with van der Waals surface area (Å²) in [7, 11) is 0. The van der Waals surface area contributed by atoms with Gasteiger partial charge in [0.2, 0.25) is 5.95 Å². The standard InChI is InChI=1S/C27H27ClN8/c28-21-5-3-6-22(19-21)35-17-15-34(16-18-35)14-4-11-30-27-31-24-8-2-1-7-23(24)26-32-25(33-36(26)27)20-9-12-29-13-10-20/h1-3,5-10,12-13,19H,4,11,14-18H2,(H,30,31). The number of rotatable bonds is 7. The average Bonchev–Trinajstić information content (AvgIpc) is 3.38. The molecular formula is C27H27ClN8. The van der Waals surface area contributed by atoms with Crippen molar-refractivity contribution in [2.45, 2.75) is 6.42 Å². The van der Waals surface area contributed by atoms with Crippen LogP contribution in [0.5, 0.6) is 0 Å². The topological polar surface area (TPSA) is 74.5 Å². The fourth-order valence-corrected chi connectivity index (χ4v) is 4.88. The van der Waals surface area contributed by atoms with Crippen LogP contribution in [0.1, 0.15) is 6.42 Å². The van der Waals surface area contributed by atoms with Crippen molar-refractivity contribution in [2.24, 2.45) is 0 Å². The summed E-state index contributed by atoms with van der Waals surface area (Å²) in [5, 5.41) is 10.1. The Labute approximate surface area is 214 Å². The Kier molecular flexibility index (Phi) is 6.36. The molecule has 5 aromatic rings. The summed E-state index contributed by atoms with van der Waals surface area (Å²) in [6.07, 6.45) is 4.52. The molecular weight excluding hydrogens is 472 g/mol. The second-order valence-corrected chi connectivity index (χ2v) is 9.38. The number of benzene rings is 2. The van der Waals surface area contributed by atoms with Gasteiger partial charge in [0.1, 0.15) is 0 Å². The molecule has 0 amide bonds. The molecule has 9 heteroatoms. The molecule has 0 saturated carbocycles. The van der Waals surface area contributed by atoms with Gasteiger partial charge in [-0.15, -0.1) is 5.10 Å². The largest absolute Gasteiger partial charge is 0.369 e. The van der Waals surface area contributed by atoms with Gasteiger partial charge in [-0.25, -0.2) is 9.97 Å². The normalized spacial score (nSPS) is 14.5. The van der Waals surface area contributed by atoms with E-state index in [1.54, 1.807) is 12.4 Å². The van der Waals surface area contributed by atoms with Crippen molar-refractivity contribution in [3.63, 3.8) is 0 Å². The first-order valence-electron chi connectivity index (χ1n) is 12.3. The third-order valence-corrected chi connectivity index (χ3v) is 6.83. The highest BCUT2D eigenvalue weighted by Gasteiger charge is 2.18. The van der Waals surface area contributed by atoms with E-state index < -0.39 is 0 Å². The number of aromatic nitrogens is 5. The predicted octanol–water partition coefficient (Wildman–Crippen LogP) is 4.62. The molecule has 0 radical (unpaired) electrons. The second-order valence-electron chi connectivity index (χ2n) is 8.95. The summed E-state index contributed by atoms with van der Waals surface area (Å²) < 4.78 is 1.82.